The van der Waals surface area contributed by atoms with E-state index in [0.717, 1.165) is 48.0 Å². The van der Waals surface area contributed by atoms with Crippen molar-refractivity contribution in [1.29, 1.82) is 0 Å². The lowest BCUT2D eigenvalue weighted by Gasteiger charge is -2.41. The molecule has 0 N–H and O–H groups in total. The summed E-state index contributed by atoms with van der Waals surface area (Å²) in [5, 5.41) is 0. The van der Waals surface area contributed by atoms with Crippen molar-refractivity contribution in [2.75, 3.05) is 38.4 Å². The van der Waals surface area contributed by atoms with E-state index in [1.165, 1.54) is 0 Å². The van der Waals surface area contributed by atoms with Gasteiger partial charge in [-0.2, -0.15) is 0 Å². The molecule has 0 radical (unpaired) electrons. The minimum Gasteiger partial charge on any atom is -0.494 e. The minimum atomic E-state index is -0.900. The topological polar surface area (TPSA) is 48.0 Å². The van der Waals surface area contributed by atoms with E-state index in [0.29, 0.717) is 6.61 Å². The first-order chi connectivity index (χ1) is 14.5. The van der Waals surface area contributed by atoms with Crippen LogP contribution in [0.5, 0.6) is 17.2 Å². The quantitative estimate of drug-likeness (QED) is 0.528. The number of benzene rings is 2. The molecule has 0 saturated carbocycles. The Hall–Kier alpha value is -2.76. The predicted molar refractivity (Wildman–Crippen MR) is 116 cm³/mol. The van der Waals surface area contributed by atoms with Crippen molar-refractivity contribution >= 4 is 11.5 Å². The number of rotatable bonds is 11. The summed E-state index contributed by atoms with van der Waals surface area (Å²) in [6.07, 6.45) is 1.28. The Bertz CT molecular complexity index is 834. The zero-order chi connectivity index (χ0) is 21.5. The summed E-state index contributed by atoms with van der Waals surface area (Å²) in [5.74, 6) is 2.04. The summed E-state index contributed by atoms with van der Waals surface area (Å²) in [6.45, 7) is 5.34. The summed E-state index contributed by atoms with van der Waals surface area (Å²) in [6, 6.07) is 13.6. The normalized spacial score (nSPS) is 14.7. The van der Waals surface area contributed by atoms with E-state index in [4.69, 9.17) is 14.2 Å². The monoisotopic (exact) mass is 415 g/mol. The van der Waals surface area contributed by atoms with Gasteiger partial charge in [0.25, 0.3) is 0 Å². The molecule has 0 spiro atoms. The highest BCUT2D eigenvalue weighted by atomic mass is 19.1. The van der Waals surface area contributed by atoms with Crippen molar-refractivity contribution in [1.82, 2.24) is 0 Å². The first kappa shape index (κ1) is 21.9. The maximum atomic E-state index is 12.4. The molecule has 30 heavy (non-hydrogen) atoms. The Kier molecular flexibility index (Phi) is 7.55. The van der Waals surface area contributed by atoms with Crippen LogP contribution in [0.4, 0.5) is 10.1 Å². The molecule has 0 bridgehead atoms. The molecule has 1 saturated heterocycles. The lowest BCUT2D eigenvalue weighted by atomic mass is 9.96. The number of ether oxygens (including phenoxy) is 3. The molecule has 2 aromatic carbocycles. The van der Waals surface area contributed by atoms with Gasteiger partial charge in [0.05, 0.1) is 32.5 Å². The van der Waals surface area contributed by atoms with Gasteiger partial charge in [-0.3, -0.25) is 4.79 Å². The van der Waals surface area contributed by atoms with Crippen molar-refractivity contribution in [3.63, 3.8) is 0 Å². The smallest absolute Gasteiger partial charge is 0.164 e. The fourth-order valence-electron chi connectivity index (χ4n) is 3.52. The molecular weight excluding hydrogens is 385 g/mol. The number of ketones is 1. The number of hydrogen-bond donors (Lipinski definition) is 0. The Labute approximate surface area is 177 Å². The molecule has 6 heteroatoms. The van der Waals surface area contributed by atoms with Crippen molar-refractivity contribution in [2.45, 2.75) is 38.7 Å². The Morgan fingerprint density at radius 1 is 1.17 bits per heavy atom. The Morgan fingerprint density at radius 2 is 1.87 bits per heavy atom. The molecule has 0 aromatic heterocycles. The molecule has 0 unspecified atom stereocenters. The fourth-order valence-corrected chi connectivity index (χ4v) is 3.52. The summed E-state index contributed by atoms with van der Waals surface area (Å²) < 4.78 is 29.7. The molecule has 3 rings (SSSR count). The number of anilines is 1. The predicted octanol–water partition coefficient (Wildman–Crippen LogP) is 4.78. The van der Waals surface area contributed by atoms with Crippen LogP contribution in [0.2, 0.25) is 0 Å². The highest BCUT2D eigenvalue weighted by Gasteiger charge is 2.30. The number of carbonyl (C=O) groups is 1. The molecule has 1 heterocycles. The molecule has 0 amide bonds. The van der Waals surface area contributed by atoms with Gasteiger partial charge in [0, 0.05) is 12.5 Å². The van der Waals surface area contributed by atoms with Crippen LogP contribution >= 0.6 is 0 Å². The maximum Gasteiger partial charge on any atom is 0.164 e. The second-order valence-corrected chi connectivity index (χ2v) is 7.67. The lowest BCUT2D eigenvalue weighted by molar-refractivity contribution is -0.120. The van der Waals surface area contributed by atoms with Gasteiger partial charge in [-0.15, -0.1) is 0 Å². The number of alkyl halides is 1. The third-order valence-electron chi connectivity index (χ3n) is 5.25. The van der Waals surface area contributed by atoms with Gasteiger partial charge < -0.3 is 19.1 Å². The molecule has 1 atom stereocenters. The van der Waals surface area contributed by atoms with E-state index >= 15 is 0 Å². The SMILES string of the molecule is CCCOc1ccc(N2CC(Oc3ccc([C@H](C)CC(=O)CF)cc3)C2)c(OC)c1. The Morgan fingerprint density at radius 3 is 2.50 bits per heavy atom. The van der Waals surface area contributed by atoms with E-state index in [1.807, 2.05) is 49.4 Å². The van der Waals surface area contributed by atoms with Gasteiger partial charge >= 0.3 is 0 Å². The average molecular weight is 416 g/mol. The summed E-state index contributed by atoms with van der Waals surface area (Å²) >= 11 is 0. The first-order valence-electron chi connectivity index (χ1n) is 10.4. The van der Waals surface area contributed by atoms with Crippen LogP contribution < -0.4 is 19.1 Å². The van der Waals surface area contributed by atoms with Gasteiger partial charge in [-0.1, -0.05) is 26.0 Å². The molecule has 162 valence electrons. The Balaban J connectivity index is 1.53. The van der Waals surface area contributed by atoms with Crippen molar-refractivity contribution in [3.8, 4) is 17.2 Å². The van der Waals surface area contributed by atoms with Crippen LogP contribution in [0.15, 0.2) is 42.5 Å². The molecule has 1 fully saturated rings. The molecule has 2 aromatic rings. The molecule has 1 aliphatic heterocycles. The van der Waals surface area contributed by atoms with Crippen LogP contribution in [0.1, 0.15) is 38.2 Å². The van der Waals surface area contributed by atoms with Gasteiger partial charge in [-0.05, 0) is 42.2 Å². The van der Waals surface area contributed by atoms with Crippen LogP contribution in [0.25, 0.3) is 0 Å². The van der Waals surface area contributed by atoms with Crippen LogP contribution in [-0.4, -0.2) is 45.4 Å². The van der Waals surface area contributed by atoms with Gasteiger partial charge in [-0.25, -0.2) is 4.39 Å². The molecule has 5 nitrogen and oxygen atoms in total. The average Bonchev–Trinajstić information content (AvgIpc) is 2.74. The van der Waals surface area contributed by atoms with Crippen LogP contribution in [-0.2, 0) is 4.79 Å². The highest BCUT2D eigenvalue weighted by Crippen LogP contribution is 2.35. The molecular formula is C24H30FNO4. The van der Waals surface area contributed by atoms with Crippen LogP contribution in [0, 0.1) is 0 Å². The highest BCUT2D eigenvalue weighted by molar-refractivity contribution is 5.80. The van der Waals surface area contributed by atoms with Gasteiger partial charge in [0.1, 0.15) is 30.0 Å². The third kappa shape index (κ3) is 5.43. The fraction of sp³-hybridized carbons (Fsp3) is 0.458. The van der Waals surface area contributed by atoms with E-state index < -0.39 is 6.67 Å². The van der Waals surface area contributed by atoms with E-state index in [1.54, 1.807) is 7.11 Å². The number of halogens is 1. The number of methoxy groups -OCH3 is 1. The summed E-state index contributed by atoms with van der Waals surface area (Å²) in [7, 11) is 1.67. The van der Waals surface area contributed by atoms with Crippen LogP contribution in [0.3, 0.4) is 0 Å². The maximum absolute atomic E-state index is 12.4. The number of carbonyl (C=O) groups excluding carboxylic acids is 1. The second-order valence-electron chi connectivity index (χ2n) is 7.67. The molecule has 1 aliphatic rings. The van der Waals surface area contributed by atoms with Crippen molar-refractivity contribution in [3.05, 3.63) is 48.0 Å². The summed E-state index contributed by atoms with van der Waals surface area (Å²) in [5.41, 5.74) is 2.04. The van der Waals surface area contributed by atoms with Gasteiger partial charge in [0.2, 0.25) is 0 Å². The van der Waals surface area contributed by atoms with E-state index in [9.17, 15) is 9.18 Å². The number of nitrogens with zero attached hydrogens (tertiary/aromatic N) is 1. The van der Waals surface area contributed by atoms with Gasteiger partial charge in [0.15, 0.2) is 5.78 Å². The third-order valence-corrected chi connectivity index (χ3v) is 5.25. The second kappa shape index (κ2) is 10.3. The largest absolute Gasteiger partial charge is 0.494 e. The standard InChI is InChI=1S/C24H30FNO4/c1-4-11-29-21-9-10-23(24(13-21)28-3)26-15-22(16-26)30-20-7-5-18(6-8-20)17(2)12-19(27)14-25/h5-10,13,17,22H,4,11-12,14-16H2,1-3H3/t17-/m1/s1. The minimum absolute atomic E-state index is 0.00163. The van der Waals surface area contributed by atoms with Crippen molar-refractivity contribution < 1.29 is 23.4 Å². The summed E-state index contributed by atoms with van der Waals surface area (Å²) in [4.78, 5) is 13.5. The van der Waals surface area contributed by atoms with Crippen molar-refractivity contribution in [2.24, 2.45) is 0 Å². The number of Topliss-reactive ketones (excluding diaryl/α,β-unsaturated/α-hetero) is 1. The zero-order valence-electron chi connectivity index (χ0n) is 17.9. The number of hydrogen-bond acceptors (Lipinski definition) is 5. The van der Waals surface area contributed by atoms with E-state index in [2.05, 4.69) is 11.8 Å². The first-order valence-corrected chi connectivity index (χ1v) is 10.4. The lowest BCUT2D eigenvalue weighted by Crippen LogP contribution is -2.54. The van der Waals surface area contributed by atoms with E-state index in [-0.39, 0.29) is 24.2 Å². The zero-order valence-corrected chi connectivity index (χ0v) is 17.9. The molecule has 0 aliphatic carbocycles.